The number of halogens is 3. The van der Waals surface area contributed by atoms with Gasteiger partial charge in [0.05, 0.1) is 10.6 Å². The second-order valence-corrected chi connectivity index (χ2v) is 5.20. The van der Waals surface area contributed by atoms with E-state index in [1.165, 1.54) is 0 Å². The number of carbonyl (C=O) groups excluding carboxylic acids is 1. The van der Waals surface area contributed by atoms with Crippen LogP contribution in [0.4, 0.5) is 0 Å². The number of amides is 1. The van der Waals surface area contributed by atoms with Gasteiger partial charge in [-0.05, 0) is 31.0 Å². The summed E-state index contributed by atoms with van der Waals surface area (Å²) in [6.45, 7) is 0.643. The van der Waals surface area contributed by atoms with Crippen LogP contribution >= 0.6 is 34.8 Å². The number of alkyl halides is 1. The third kappa shape index (κ3) is 5.47. The molecule has 0 aliphatic carbocycles. The summed E-state index contributed by atoms with van der Waals surface area (Å²) in [4.78, 5) is 11.8. The van der Waals surface area contributed by atoms with Crippen LogP contribution in [0.2, 0.25) is 10.0 Å². The molecule has 1 amide bonds. The van der Waals surface area contributed by atoms with Gasteiger partial charge in [0, 0.05) is 17.4 Å². The molecule has 1 aromatic rings. The monoisotopic (exact) mass is 307 g/mol. The first-order chi connectivity index (χ1) is 8.65. The maximum Gasteiger partial charge on any atom is 0.252 e. The van der Waals surface area contributed by atoms with Crippen molar-refractivity contribution in [3.63, 3.8) is 0 Å². The van der Waals surface area contributed by atoms with E-state index in [9.17, 15) is 4.79 Å². The van der Waals surface area contributed by atoms with Gasteiger partial charge >= 0.3 is 0 Å². The number of hydrogen-bond acceptors (Lipinski definition) is 1. The molecule has 0 aliphatic rings. The van der Waals surface area contributed by atoms with Crippen molar-refractivity contribution in [3.8, 4) is 0 Å². The number of hydrogen-bond donors (Lipinski definition) is 1. The lowest BCUT2D eigenvalue weighted by Gasteiger charge is -2.07. The zero-order chi connectivity index (χ0) is 13.4. The lowest BCUT2D eigenvalue weighted by Crippen LogP contribution is -2.24. The molecule has 5 heteroatoms. The normalized spacial score (nSPS) is 10.4. The highest BCUT2D eigenvalue weighted by atomic mass is 35.5. The molecule has 0 heterocycles. The Bertz CT molecular complexity index is 396. The fraction of sp³-hybridized carbons (Fsp3) is 0.462. The Morgan fingerprint density at radius 1 is 1.11 bits per heavy atom. The number of nitrogens with one attached hydrogen (secondary N) is 1. The highest BCUT2D eigenvalue weighted by Gasteiger charge is 2.09. The zero-order valence-electron chi connectivity index (χ0n) is 10.0. The summed E-state index contributed by atoms with van der Waals surface area (Å²) in [5, 5.41) is 3.75. The molecule has 100 valence electrons. The molecule has 18 heavy (non-hydrogen) atoms. The van der Waals surface area contributed by atoms with Crippen molar-refractivity contribution >= 4 is 40.7 Å². The topological polar surface area (TPSA) is 29.1 Å². The van der Waals surface area contributed by atoms with Gasteiger partial charge in [-0.3, -0.25) is 4.79 Å². The van der Waals surface area contributed by atoms with E-state index in [0.717, 1.165) is 25.7 Å². The van der Waals surface area contributed by atoms with E-state index >= 15 is 0 Å². The third-order valence-electron chi connectivity index (χ3n) is 2.52. The molecule has 1 N–H and O–H groups in total. The molecule has 2 nitrogen and oxygen atoms in total. The summed E-state index contributed by atoms with van der Waals surface area (Å²) in [6.07, 6.45) is 4.13. The Kier molecular flexibility index (Phi) is 7.48. The van der Waals surface area contributed by atoms with E-state index in [0.29, 0.717) is 28.0 Å². The zero-order valence-corrected chi connectivity index (χ0v) is 12.3. The summed E-state index contributed by atoms with van der Waals surface area (Å²) in [5.41, 5.74) is 0.421. The number of benzene rings is 1. The highest BCUT2D eigenvalue weighted by Crippen LogP contribution is 2.20. The van der Waals surface area contributed by atoms with Crippen molar-refractivity contribution in [2.75, 3.05) is 12.4 Å². The molecule has 0 fully saturated rings. The van der Waals surface area contributed by atoms with Gasteiger partial charge in [0.1, 0.15) is 0 Å². The summed E-state index contributed by atoms with van der Waals surface area (Å²) < 4.78 is 0. The Balaban J connectivity index is 2.34. The van der Waals surface area contributed by atoms with Gasteiger partial charge in [0.15, 0.2) is 0 Å². The quantitative estimate of drug-likeness (QED) is 0.582. The van der Waals surface area contributed by atoms with Crippen molar-refractivity contribution in [1.82, 2.24) is 5.32 Å². The van der Waals surface area contributed by atoms with Crippen molar-refractivity contribution in [2.24, 2.45) is 0 Å². The fourth-order valence-corrected chi connectivity index (χ4v) is 2.11. The van der Waals surface area contributed by atoms with E-state index in [4.69, 9.17) is 34.8 Å². The first-order valence-corrected chi connectivity index (χ1v) is 7.23. The van der Waals surface area contributed by atoms with E-state index in [-0.39, 0.29) is 5.91 Å². The maximum absolute atomic E-state index is 11.8. The van der Waals surface area contributed by atoms with Crippen LogP contribution in [0.1, 0.15) is 36.0 Å². The standard InChI is InChI=1S/C13H16Cl3NO/c14-7-3-1-2-4-8-17-13(18)11-9-10(15)5-6-12(11)16/h5-6,9H,1-4,7-8H2,(H,17,18). The van der Waals surface area contributed by atoms with Crippen LogP contribution in [0.15, 0.2) is 18.2 Å². The van der Waals surface area contributed by atoms with Gasteiger partial charge < -0.3 is 5.32 Å². The van der Waals surface area contributed by atoms with Crippen LogP contribution in [0.3, 0.4) is 0 Å². The second kappa shape index (κ2) is 8.63. The Hall–Kier alpha value is -0.440. The van der Waals surface area contributed by atoms with Crippen LogP contribution in [-0.4, -0.2) is 18.3 Å². The lowest BCUT2D eigenvalue weighted by atomic mass is 10.2. The van der Waals surface area contributed by atoms with Crippen LogP contribution < -0.4 is 5.32 Å². The molecule has 0 atom stereocenters. The molecule has 0 saturated carbocycles. The van der Waals surface area contributed by atoms with Crippen molar-refractivity contribution in [1.29, 1.82) is 0 Å². The molecule has 0 unspecified atom stereocenters. The molecular weight excluding hydrogens is 293 g/mol. The third-order valence-corrected chi connectivity index (χ3v) is 3.35. The summed E-state index contributed by atoms with van der Waals surface area (Å²) in [7, 11) is 0. The summed E-state index contributed by atoms with van der Waals surface area (Å²) in [6, 6.07) is 4.86. The van der Waals surface area contributed by atoms with Gasteiger partial charge in [-0.25, -0.2) is 0 Å². The predicted molar refractivity (Wildman–Crippen MR) is 78.0 cm³/mol. The van der Waals surface area contributed by atoms with Crippen LogP contribution in [0.5, 0.6) is 0 Å². The average Bonchev–Trinajstić information content (AvgIpc) is 2.36. The molecule has 0 saturated heterocycles. The molecule has 0 radical (unpaired) electrons. The fourth-order valence-electron chi connectivity index (χ4n) is 1.54. The molecule has 1 aromatic carbocycles. The SMILES string of the molecule is O=C(NCCCCCCCl)c1cc(Cl)ccc1Cl. The van der Waals surface area contributed by atoms with E-state index in [1.807, 2.05) is 0 Å². The first kappa shape index (κ1) is 15.6. The van der Waals surface area contributed by atoms with E-state index < -0.39 is 0 Å². The van der Waals surface area contributed by atoms with Crippen LogP contribution in [-0.2, 0) is 0 Å². The highest BCUT2D eigenvalue weighted by molar-refractivity contribution is 6.35. The molecule has 0 bridgehead atoms. The number of rotatable bonds is 7. The molecule has 0 aliphatic heterocycles. The van der Waals surface area contributed by atoms with E-state index in [1.54, 1.807) is 18.2 Å². The Labute approximate surface area is 123 Å². The molecular formula is C13H16Cl3NO. The Morgan fingerprint density at radius 3 is 2.56 bits per heavy atom. The predicted octanol–water partition coefficient (Wildman–Crippen LogP) is 4.52. The van der Waals surface area contributed by atoms with Gasteiger partial charge in [-0.1, -0.05) is 36.0 Å². The van der Waals surface area contributed by atoms with E-state index in [2.05, 4.69) is 5.32 Å². The summed E-state index contributed by atoms with van der Waals surface area (Å²) in [5.74, 6) is 0.518. The van der Waals surface area contributed by atoms with Crippen molar-refractivity contribution < 1.29 is 4.79 Å². The van der Waals surface area contributed by atoms with Crippen molar-refractivity contribution in [2.45, 2.75) is 25.7 Å². The minimum absolute atomic E-state index is 0.181. The van der Waals surface area contributed by atoms with Gasteiger partial charge in [-0.15, -0.1) is 11.6 Å². The largest absolute Gasteiger partial charge is 0.352 e. The molecule has 1 rings (SSSR count). The van der Waals surface area contributed by atoms with Gasteiger partial charge in [0.25, 0.3) is 5.91 Å². The summed E-state index contributed by atoms with van der Waals surface area (Å²) >= 11 is 17.3. The second-order valence-electron chi connectivity index (χ2n) is 3.98. The molecule has 0 spiro atoms. The van der Waals surface area contributed by atoms with Crippen LogP contribution in [0.25, 0.3) is 0 Å². The minimum Gasteiger partial charge on any atom is -0.352 e. The Morgan fingerprint density at radius 2 is 1.83 bits per heavy atom. The first-order valence-electron chi connectivity index (χ1n) is 5.94. The lowest BCUT2D eigenvalue weighted by molar-refractivity contribution is 0.0953. The molecule has 0 aromatic heterocycles. The average molecular weight is 309 g/mol. The maximum atomic E-state index is 11.8. The van der Waals surface area contributed by atoms with Gasteiger partial charge in [-0.2, -0.15) is 0 Å². The van der Waals surface area contributed by atoms with Crippen molar-refractivity contribution in [3.05, 3.63) is 33.8 Å². The smallest absolute Gasteiger partial charge is 0.252 e. The number of carbonyl (C=O) groups is 1. The minimum atomic E-state index is -0.181. The number of unbranched alkanes of at least 4 members (excludes halogenated alkanes) is 3. The van der Waals surface area contributed by atoms with Crippen LogP contribution in [0, 0.1) is 0 Å². The van der Waals surface area contributed by atoms with Gasteiger partial charge in [0.2, 0.25) is 0 Å².